The van der Waals surface area contributed by atoms with E-state index in [1.807, 2.05) is 21.1 Å². The molecule has 0 radical (unpaired) electrons. The number of phosphoric ester groups is 1. The minimum Gasteiger partial charge on any atom is -0.462 e. The summed E-state index contributed by atoms with van der Waals surface area (Å²) in [6.07, 6.45) is 63.7. The van der Waals surface area contributed by atoms with E-state index in [1.165, 1.54) is 193 Å². The van der Waals surface area contributed by atoms with Crippen molar-refractivity contribution in [2.24, 2.45) is 0 Å². The molecule has 0 aromatic heterocycles. The summed E-state index contributed by atoms with van der Waals surface area (Å²) in [5, 5.41) is 0. The highest BCUT2D eigenvalue weighted by Gasteiger charge is 2.27. The molecule has 2 unspecified atom stereocenters. The highest BCUT2D eigenvalue weighted by molar-refractivity contribution is 7.47. The van der Waals surface area contributed by atoms with Gasteiger partial charge in [-0.1, -0.05) is 237 Å². The minimum absolute atomic E-state index is 0.0321. The molecule has 70 heavy (non-hydrogen) atoms. The molecule has 0 rings (SSSR count). The number of allylic oxidation sites excluding steroid dienone is 6. The molecule has 2 atom stereocenters. The van der Waals surface area contributed by atoms with Gasteiger partial charge in [0, 0.05) is 12.8 Å². The molecule has 0 heterocycles. The summed E-state index contributed by atoms with van der Waals surface area (Å²) in [6, 6.07) is 0. The van der Waals surface area contributed by atoms with Crippen molar-refractivity contribution >= 4 is 19.8 Å². The lowest BCUT2D eigenvalue weighted by atomic mass is 10.0. The number of ether oxygens (including phenoxy) is 2. The summed E-state index contributed by atoms with van der Waals surface area (Å²) in [6.45, 7) is 4.44. The molecule has 0 saturated carbocycles. The molecule has 0 aromatic carbocycles. The Labute approximate surface area is 433 Å². The van der Waals surface area contributed by atoms with Crippen LogP contribution in [0.2, 0.25) is 0 Å². The SMILES string of the molecule is CCCCCCC/C=C\C/C=C\CCCCCCCCCCCCCCCCCCCCCC(=O)OC(COC(=O)CCCCCCC/C=C\CCCCCCCC)COP(=O)(O)OCC[N+](C)(C)C. The van der Waals surface area contributed by atoms with Gasteiger partial charge in [0.05, 0.1) is 27.7 Å². The molecular formula is C60H115NO8P+. The minimum atomic E-state index is -4.38. The first-order valence-electron chi connectivity index (χ1n) is 29.7. The molecule has 0 aliphatic carbocycles. The average Bonchev–Trinajstić information content (AvgIpc) is 3.32. The molecule has 0 amide bonds. The van der Waals surface area contributed by atoms with Crippen LogP contribution in [-0.2, 0) is 32.7 Å². The number of rotatable bonds is 55. The number of carbonyl (C=O) groups is 2. The Morgan fingerprint density at radius 1 is 0.443 bits per heavy atom. The smallest absolute Gasteiger partial charge is 0.462 e. The zero-order valence-corrected chi connectivity index (χ0v) is 47.7. The monoisotopic (exact) mass is 1010 g/mol. The Hall–Kier alpha value is -1.77. The second-order valence-corrected chi connectivity index (χ2v) is 22.8. The molecule has 10 heteroatoms. The van der Waals surface area contributed by atoms with E-state index in [2.05, 4.69) is 50.3 Å². The van der Waals surface area contributed by atoms with Crippen LogP contribution in [0.1, 0.15) is 284 Å². The van der Waals surface area contributed by atoms with Crippen LogP contribution in [-0.4, -0.2) is 74.9 Å². The standard InChI is InChI=1S/C60H114NO8P/c1-6-8-10-12-14-16-18-20-22-23-24-25-26-27-28-29-30-31-32-33-34-35-36-37-39-41-43-45-47-49-51-53-60(63)69-58(57-68-70(64,65)67-55-54-61(3,4)5)56-66-59(62)52-50-48-46-44-42-40-38-21-19-17-15-13-11-9-7-2/h18,20-21,23-24,38,58H,6-17,19,22,25-37,39-57H2,1-5H3/p+1/b20-18-,24-23-,38-21-. The molecule has 0 aromatic rings. The Kier molecular flexibility index (Phi) is 50.8. The largest absolute Gasteiger partial charge is 0.472 e. The predicted octanol–water partition coefficient (Wildman–Crippen LogP) is 18.4. The number of esters is 2. The first kappa shape index (κ1) is 68.2. The highest BCUT2D eigenvalue weighted by Crippen LogP contribution is 2.43. The van der Waals surface area contributed by atoms with Crippen LogP contribution in [0.15, 0.2) is 36.5 Å². The Bertz CT molecular complexity index is 1280. The van der Waals surface area contributed by atoms with Gasteiger partial charge in [0.15, 0.2) is 6.10 Å². The third-order valence-corrected chi connectivity index (χ3v) is 14.1. The van der Waals surface area contributed by atoms with Crippen LogP contribution in [0, 0.1) is 0 Å². The second kappa shape index (κ2) is 52.1. The van der Waals surface area contributed by atoms with Crippen LogP contribution >= 0.6 is 7.82 Å². The number of likely N-dealkylation sites (N-methyl/N-ethyl adjacent to an activating group) is 1. The van der Waals surface area contributed by atoms with E-state index in [4.69, 9.17) is 18.5 Å². The lowest BCUT2D eigenvalue weighted by Crippen LogP contribution is -2.37. The van der Waals surface area contributed by atoms with E-state index in [0.717, 1.165) is 57.8 Å². The fourth-order valence-electron chi connectivity index (χ4n) is 8.51. The number of phosphoric acid groups is 1. The van der Waals surface area contributed by atoms with Crippen molar-refractivity contribution in [2.75, 3.05) is 47.5 Å². The summed E-state index contributed by atoms with van der Waals surface area (Å²) in [4.78, 5) is 35.6. The maximum absolute atomic E-state index is 12.8. The van der Waals surface area contributed by atoms with Crippen LogP contribution < -0.4 is 0 Å². The lowest BCUT2D eigenvalue weighted by molar-refractivity contribution is -0.870. The van der Waals surface area contributed by atoms with Gasteiger partial charge in [0.25, 0.3) is 0 Å². The summed E-state index contributed by atoms with van der Waals surface area (Å²) >= 11 is 0. The number of quaternary nitrogens is 1. The maximum atomic E-state index is 12.8. The van der Waals surface area contributed by atoms with Crippen molar-refractivity contribution in [1.29, 1.82) is 0 Å². The molecule has 9 nitrogen and oxygen atoms in total. The molecule has 0 bridgehead atoms. The van der Waals surface area contributed by atoms with E-state index in [-0.39, 0.29) is 32.0 Å². The van der Waals surface area contributed by atoms with E-state index in [0.29, 0.717) is 17.4 Å². The molecule has 0 spiro atoms. The molecule has 0 saturated heterocycles. The number of unbranched alkanes of at least 4 members (excludes halogenated alkanes) is 35. The van der Waals surface area contributed by atoms with Gasteiger partial charge in [-0.3, -0.25) is 18.6 Å². The first-order valence-corrected chi connectivity index (χ1v) is 31.2. The highest BCUT2D eigenvalue weighted by atomic mass is 31.2. The van der Waals surface area contributed by atoms with Crippen LogP contribution in [0.3, 0.4) is 0 Å². The van der Waals surface area contributed by atoms with Crippen LogP contribution in [0.5, 0.6) is 0 Å². The fourth-order valence-corrected chi connectivity index (χ4v) is 9.25. The summed E-state index contributed by atoms with van der Waals surface area (Å²) < 4.78 is 34.5. The third-order valence-electron chi connectivity index (χ3n) is 13.1. The van der Waals surface area contributed by atoms with Gasteiger partial charge in [0.2, 0.25) is 0 Å². The van der Waals surface area contributed by atoms with E-state index in [9.17, 15) is 19.0 Å². The van der Waals surface area contributed by atoms with Crippen molar-refractivity contribution < 1.29 is 42.1 Å². The molecule has 0 aliphatic rings. The first-order chi connectivity index (χ1) is 34.0. The van der Waals surface area contributed by atoms with Crippen molar-refractivity contribution in [2.45, 2.75) is 290 Å². The van der Waals surface area contributed by atoms with Gasteiger partial charge in [-0.2, -0.15) is 0 Å². The van der Waals surface area contributed by atoms with Gasteiger partial charge >= 0.3 is 19.8 Å². The number of nitrogens with zero attached hydrogens (tertiary/aromatic N) is 1. The van der Waals surface area contributed by atoms with E-state index < -0.39 is 26.5 Å². The van der Waals surface area contributed by atoms with Gasteiger partial charge in [-0.05, 0) is 70.6 Å². The number of hydrogen-bond donors (Lipinski definition) is 1. The van der Waals surface area contributed by atoms with Crippen molar-refractivity contribution in [3.8, 4) is 0 Å². The van der Waals surface area contributed by atoms with Gasteiger partial charge < -0.3 is 18.9 Å². The number of hydrogen-bond acceptors (Lipinski definition) is 7. The normalized spacial score (nSPS) is 13.5. The predicted molar refractivity (Wildman–Crippen MR) is 298 cm³/mol. The van der Waals surface area contributed by atoms with Gasteiger partial charge in [-0.15, -0.1) is 0 Å². The molecular weight excluding hydrogens is 894 g/mol. The number of carbonyl (C=O) groups excluding carboxylic acids is 2. The van der Waals surface area contributed by atoms with Gasteiger partial charge in [-0.25, -0.2) is 4.57 Å². The zero-order valence-electron chi connectivity index (χ0n) is 46.8. The van der Waals surface area contributed by atoms with Crippen LogP contribution in [0.25, 0.3) is 0 Å². The Morgan fingerprint density at radius 3 is 1.14 bits per heavy atom. The van der Waals surface area contributed by atoms with Crippen molar-refractivity contribution in [1.82, 2.24) is 0 Å². The second-order valence-electron chi connectivity index (χ2n) is 21.4. The van der Waals surface area contributed by atoms with Crippen molar-refractivity contribution in [3.63, 3.8) is 0 Å². The lowest BCUT2D eigenvalue weighted by Gasteiger charge is -2.24. The van der Waals surface area contributed by atoms with E-state index in [1.54, 1.807) is 0 Å². The summed E-state index contributed by atoms with van der Waals surface area (Å²) in [5.41, 5.74) is 0. The zero-order chi connectivity index (χ0) is 51.3. The van der Waals surface area contributed by atoms with Crippen LogP contribution in [0.4, 0.5) is 0 Å². The maximum Gasteiger partial charge on any atom is 0.472 e. The Morgan fingerprint density at radius 2 is 0.771 bits per heavy atom. The third kappa shape index (κ3) is 55.5. The molecule has 0 fully saturated rings. The fraction of sp³-hybridized carbons (Fsp3) is 0.867. The Balaban J connectivity index is 4.04. The quantitative estimate of drug-likeness (QED) is 0.0211. The molecule has 412 valence electrons. The van der Waals surface area contributed by atoms with E-state index >= 15 is 0 Å². The van der Waals surface area contributed by atoms with Gasteiger partial charge in [0.1, 0.15) is 19.8 Å². The van der Waals surface area contributed by atoms with Crippen molar-refractivity contribution in [3.05, 3.63) is 36.5 Å². The average molecular weight is 1010 g/mol. The molecule has 1 N–H and O–H groups in total. The summed E-state index contributed by atoms with van der Waals surface area (Å²) in [5.74, 6) is -0.795. The summed E-state index contributed by atoms with van der Waals surface area (Å²) in [7, 11) is 1.48. The topological polar surface area (TPSA) is 108 Å². The molecule has 0 aliphatic heterocycles.